The molecule has 0 bridgehead atoms. The molecule has 0 radical (unpaired) electrons. The minimum atomic E-state index is 0.505. The van der Waals surface area contributed by atoms with Crippen LogP contribution in [0.5, 0.6) is 0 Å². The third kappa shape index (κ3) is 3.37. The Kier molecular flexibility index (Phi) is 4.44. The summed E-state index contributed by atoms with van der Waals surface area (Å²) in [5.41, 5.74) is 2.04. The van der Waals surface area contributed by atoms with Crippen LogP contribution in [0.15, 0.2) is 29.8 Å². The summed E-state index contributed by atoms with van der Waals surface area (Å²) in [6, 6.07) is 6.41. The minimum absolute atomic E-state index is 0.505. The van der Waals surface area contributed by atoms with Gasteiger partial charge < -0.3 is 5.32 Å². The van der Waals surface area contributed by atoms with Gasteiger partial charge in [-0.25, -0.2) is 4.98 Å². The van der Waals surface area contributed by atoms with Crippen LogP contribution >= 0.6 is 11.3 Å². The van der Waals surface area contributed by atoms with E-state index in [4.69, 9.17) is 0 Å². The quantitative estimate of drug-likeness (QED) is 0.897. The van der Waals surface area contributed by atoms with Gasteiger partial charge in [-0.2, -0.15) is 0 Å². The lowest BCUT2D eigenvalue weighted by atomic mass is 10.1. The molecule has 1 atom stereocenters. The van der Waals surface area contributed by atoms with Gasteiger partial charge in [0.05, 0.1) is 11.4 Å². The Morgan fingerprint density at radius 1 is 1.28 bits per heavy atom. The maximum atomic E-state index is 4.61. The lowest BCUT2D eigenvalue weighted by molar-refractivity contribution is 0.424. The van der Waals surface area contributed by atoms with Crippen LogP contribution in [0.3, 0.4) is 0 Å². The second-order valence-electron chi connectivity index (χ2n) is 4.77. The first kappa shape index (κ1) is 13.2. The summed E-state index contributed by atoms with van der Waals surface area (Å²) in [6.45, 7) is 7.47. The summed E-state index contributed by atoms with van der Waals surface area (Å²) < 4.78 is 0. The molecule has 2 aromatic rings. The van der Waals surface area contributed by atoms with Crippen LogP contribution in [0.1, 0.15) is 26.5 Å². The molecule has 0 spiro atoms. The van der Waals surface area contributed by atoms with Gasteiger partial charge in [0, 0.05) is 24.2 Å². The van der Waals surface area contributed by atoms with Crippen molar-refractivity contribution in [2.45, 2.75) is 33.4 Å². The van der Waals surface area contributed by atoms with E-state index in [1.807, 2.05) is 18.2 Å². The number of hydrogen-bond donors (Lipinski definition) is 1. The molecule has 1 N–H and O–H groups in total. The van der Waals surface area contributed by atoms with E-state index in [0.717, 1.165) is 22.9 Å². The highest BCUT2D eigenvalue weighted by atomic mass is 32.1. The van der Waals surface area contributed by atoms with Gasteiger partial charge in [0.2, 0.25) is 0 Å². The van der Waals surface area contributed by atoms with Crippen LogP contribution in [0.25, 0.3) is 10.7 Å². The summed E-state index contributed by atoms with van der Waals surface area (Å²) in [4.78, 5) is 8.92. The molecule has 0 aliphatic carbocycles. The molecule has 0 fully saturated rings. The number of nitrogens with zero attached hydrogens (tertiary/aromatic N) is 2. The Balaban J connectivity index is 1.99. The average Bonchev–Trinajstić information content (AvgIpc) is 2.85. The fourth-order valence-corrected chi connectivity index (χ4v) is 2.29. The van der Waals surface area contributed by atoms with E-state index in [2.05, 4.69) is 41.4 Å². The molecule has 0 aliphatic rings. The Hall–Kier alpha value is -1.26. The van der Waals surface area contributed by atoms with Crippen molar-refractivity contribution < 1.29 is 0 Å². The fourth-order valence-electron chi connectivity index (χ4n) is 1.50. The van der Waals surface area contributed by atoms with Crippen LogP contribution in [0.2, 0.25) is 0 Å². The van der Waals surface area contributed by atoms with E-state index in [0.29, 0.717) is 12.0 Å². The highest BCUT2D eigenvalue weighted by Gasteiger charge is 2.08. The van der Waals surface area contributed by atoms with Crippen molar-refractivity contribution in [3.63, 3.8) is 0 Å². The molecule has 0 saturated carbocycles. The zero-order valence-corrected chi connectivity index (χ0v) is 11.9. The monoisotopic (exact) mass is 261 g/mol. The van der Waals surface area contributed by atoms with Gasteiger partial charge >= 0.3 is 0 Å². The van der Waals surface area contributed by atoms with E-state index >= 15 is 0 Å². The molecule has 4 heteroatoms. The first-order valence-corrected chi connectivity index (χ1v) is 7.14. The summed E-state index contributed by atoms with van der Waals surface area (Å²) in [5.74, 6) is 0.638. The molecular formula is C14H19N3S. The number of nitrogens with one attached hydrogen (secondary N) is 1. The number of pyridine rings is 1. The number of hydrogen-bond acceptors (Lipinski definition) is 4. The summed E-state index contributed by atoms with van der Waals surface area (Å²) in [7, 11) is 0. The topological polar surface area (TPSA) is 37.8 Å². The molecular weight excluding hydrogens is 242 g/mol. The molecule has 96 valence electrons. The standard InChI is InChI=1S/C14H19N3S/c1-10(2)11(3)16-8-12-9-18-14(17-12)13-6-4-5-7-15-13/h4-7,9-11,16H,8H2,1-3H3. The van der Waals surface area contributed by atoms with E-state index < -0.39 is 0 Å². The Labute approximate surface area is 112 Å². The maximum absolute atomic E-state index is 4.61. The smallest absolute Gasteiger partial charge is 0.142 e. The van der Waals surface area contributed by atoms with E-state index in [9.17, 15) is 0 Å². The highest BCUT2D eigenvalue weighted by Crippen LogP contribution is 2.21. The molecule has 0 aliphatic heterocycles. The molecule has 3 nitrogen and oxygen atoms in total. The van der Waals surface area contributed by atoms with Gasteiger partial charge in [0.15, 0.2) is 0 Å². The maximum Gasteiger partial charge on any atom is 0.142 e. The van der Waals surface area contributed by atoms with E-state index in [1.165, 1.54) is 0 Å². The van der Waals surface area contributed by atoms with Gasteiger partial charge in [-0.3, -0.25) is 4.98 Å². The molecule has 2 rings (SSSR count). The van der Waals surface area contributed by atoms with Crippen LogP contribution in [-0.2, 0) is 6.54 Å². The highest BCUT2D eigenvalue weighted by molar-refractivity contribution is 7.13. The molecule has 0 aromatic carbocycles. The van der Waals surface area contributed by atoms with Crippen molar-refractivity contribution in [3.05, 3.63) is 35.5 Å². The fraction of sp³-hybridized carbons (Fsp3) is 0.429. The number of aromatic nitrogens is 2. The molecule has 0 saturated heterocycles. The second kappa shape index (κ2) is 6.07. The SMILES string of the molecule is CC(C)C(C)NCc1csc(-c2ccccn2)n1. The van der Waals surface area contributed by atoms with Gasteiger partial charge in [0.1, 0.15) is 5.01 Å². The van der Waals surface area contributed by atoms with Gasteiger partial charge in [-0.05, 0) is 25.0 Å². The Morgan fingerprint density at radius 3 is 2.78 bits per heavy atom. The minimum Gasteiger partial charge on any atom is -0.308 e. The third-order valence-electron chi connectivity index (χ3n) is 3.04. The number of rotatable bonds is 5. The Morgan fingerprint density at radius 2 is 2.11 bits per heavy atom. The summed E-state index contributed by atoms with van der Waals surface area (Å²) >= 11 is 1.65. The van der Waals surface area contributed by atoms with Crippen LogP contribution < -0.4 is 5.32 Å². The van der Waals surface area contributed by atoms with Crippen LogP contribution in [0.4, 0.5) is 0 Å². The van der Waals surface area contributed by atoms with E-state index in [1.54, 1.807) is 17.5 Å². The van der Waals surface area contributed by atoms with Crippen molar-refractivity contribution in [1.29, 1.82) is 0 Å². The van der Waals surface area contributed by atoms with Crippen molar-refractivity contribution in [1.82, 2.24) is 15.3 Å². The van der Waals surface area contributed by atoms with Crippen molar-refractivity contribution in [3.8, 4) is 10.7 Å². The lowest BCUT2D eigenvalue weighted by Crippen LogP contribution is -2.30. The normalized spacial score (nSPS) is 12.9. The van der Waals surface area contributed by atoms with Crippen molar-refractivity contribution in [2.24, 2.45) is 5.92 Å². The second-order valence-corrected chi connectivity index (χ2v) is 5.63. The zero-order chi connectivity index (χ0) is 13.0. The van der Waals surface area contributed by atoms with Gasteiger partial charge in [-0.1, -0.05) is 19.9 Å². The van der Waals surface area contributed by atoms with Crippen LogP contribution in [-0.4, -0.2) is 16.0 Å². The third-order valence-corrected chi connectivity index (χ3v) is 3.95. The molecule has 2 aromatic heterocycles. The predicted molar refractivity (Wildman–Crippen MR) is 76.5 cm³/mol. The average molecular weight is 261 g/mol. The van der Waals surface area contributed by atoms with Gasteiger partial charge in [0.25, 0.3) is 0 Å². The van der Waals surface area contributed by atoms with Crippen LogP contribution in [0, 0.1) is 5.92 Å². The van der Waals surface area contributed by atoms with Crippen molar-refractivity contribution >= 4 is 11.3 Å². The molecule has 18 heavy (non-hydrogen) atoms. The summed E-state index contributed by atoms with van der Waals surface area (Å²) in [5, 5.41) is 6.58. The number of thiazole rings is 1. The largest absolute Gasteiger partial charge is 0.308 e. The molecule has 0 amide bonds. The lowest BCUT2D eigenvalue weighted by Gasteiger charge is -2.16. The zero-order valence-electron chi connectivity index (χ0n) is 11.1. The summed E-state index contributed by atoms with van der Waals surface area (Å²) in [6.07, 6.45) is 1.80. The molecule has 2 heterocycles. The first-order valence-electron chi connectivity index (χ1n) is 6.26. The van der Waals surface area contributed by atoms with E-state index in [-0.39, 0.29) is 0 Å². The van der Waals surface area contributed by atoms with Crippen molar-refractivity contribution in [2.75, 3.05) is 0 Å². The predicted octanol–water partition coefficient (Wildman–Crippen LogP) is 3.34. The Bertz CT molecular complexity index is 479. The molecule has 1 unspecified atom stereocenters. The first-order chi connectivity index (χ1) is 8.66. The van der Waals surface area contributed by atoms with Gasteiger partial charge in [-0.15, -0.1) is 11.3 Å².